The predicted octanol–water partition coefficient (Wildman–Crippen LogP) is 3.49. The second-order valence-electron chi connectivity index (χ2n) is 3.78. The average molecular weight is 253 g/mol. The predicted molar refractivity (Wildman–Crippen MR) is 74.2 cm³/mol. The summed E-state index contributed by atoms with van der Waals surface area (Å²) in [6.45, 7) is 1.84. The molecule has 0 saturated heterocycles. The lowest BCUT2D eigenvalue weighted by Gasteiger charge is -2.01. The van der Waals surface area contributed by atoms with Crippen LogP contribution in [-0.4, -0.2) is 10.2 Å². The standard InChI is InChI=1S/C14H11N3S/c1-10-12(13(9-15)14(18)17-16-10)8-7-11-5-3-2-4-6-11/h2-8H,1H3,(H,17,18)/b8-7-. The van der Waals surface area contributed by atoms with E-state index < -0.39 is 0 Å². The van der Waals surface area contributed by atoms with E-state index >= 15 is 0 Å². The van der Waals surface area contributed by atoms with Gasteiger partial charge in [-0.15, -0.1) is 0 Å². The number of nitrogens with one attached hydrogen (secondary N) is 1. The number of hydrogen-bond donors (Lipinski definition) is 1. The number of H-pyrrole nitrogens is 1. The van der Waals surface area contributed by atoms with E-state index in [1.165, 1.54) is 0 Å². The summed E-state index contributed by atoms with van der Waals surface area (Å²) in [5.74, 6) is 0. The molecule has 1 aromatic carbocycles. The van der Waals surface area contributed by atoms with Crippen LogP contribution in [0.2, 0.25) is 0 Å². The molecular formula is C14H11N3S. The molecule has 88 valence electrons. The molecule has 2 rings (SSSR count). The first kappa shape index (κ1) is 12.2. The topological polar surface area (TPSA) is 52.5 Å². The van der Waals surface area contributed by atoms with Gasteiger partial charge < -0.3 is 0 Å². The van der Waals surface area contributed by atoms with Crippen molar-refractivity contribution in [1.29, 1.82) is 5.26 Å². The van der Waals surface area contributed by atoms with Crippen molar-refractivity contribution in [1.82, 2.24) is 10.2 Å². The van der Waals surface area contributed by atoms with Gasteiger partial charge in [-0.25, -0.2) is 0 Å². The average Bonchev–Trinajstić information content (AvgIpc) is 2.41. The van der Waals surface area contributed by atoms with Crippen LogP contribution in [0.4, 0.5) is 0 Å². The second-order valence-corrected chi connectivity index (χ2v) is 4.19. The molecule has 1 heterocycles. The van der Waals surface area contributed by atoms with Gasteiger partial charge in [0.1, 0.15) is 10.7 Å². The van der Waals surface area contributed by atoms with E-state index in [0.29, 0.717) is 10.2 Å². The smallest absolute Gasteiger partial charge is 0.138 e. The van der Waals surface area contributed by atoms with Gasteiger partial charge in [-0.05, 0) is 12.5 Å². The number of rotatable bonds is 2. The molecule has 0 radical (unpaired) electrons. The number of hydrogen-bond acceptors (Lipinski definition) is 3. The third-order valence-electron chi connectivity index (χ3n) is 2.57. The zero-order valence-electron chi connectivity index (χ0n) is 9.84. The van der Waals surface area contributed by atoms with Gasteiger partial charge in [0, 0.05) is 5.56 Å². The quantitative estimate of drug-likeness (QED) is 0.833. The fourth-order valence-electron chi connectivity index (χ4n) is 1.61. The number of aromatic nitrogens is 2. The maximum Gasteiger partial charge on any atom is 0.138 e. The minimum atomic E-state index is 0.371. The summed E-state index contributed by atoms with van der Waals surface area (Å²) in [5.41, 5.74) is 3.06. The van der Waals surface area contributed by atoms with Crippen LogP contribution in [0, 0.1) is 22.9 Å². The van der Waals surface area contributed by atoms with Crippen molar-refractivity contribution < 1.29 is 0 Å². The first-order chi connectivity index (χ1) is 8.72. The molecule has 0 aliphatic heterocycles. The van der Waals surface area contributed by atoms with E-state index in [0.717, 1.165) is 16.8 Å². The Kier molecular flexibility index (Phi) is 3.66. The number of benzene rings is 1. The molecule has 0 aliphatic carbocycles. The SMILES string of the molecule is Cc1n[nH]c(=S)c(C#N)c1/C=C\c1ccccc1. The fourth-order valence-corrected chi connectivity index (χ4v) is 1.81. The van der Waals surface area contributed by atoms with E-state index in [1.807, 2.05) is 49.4 Å². The molecule has 18 heavy (non-hydrogen) atoms. The summed E-state index contributed by atoms with van der Waals surface area (Å²) in [7, 11) is 0. The van der Waals surface area contributed by atoms with Gasteiger partial charge in [-0.1, -0.05) is 54.7 Å². The van der Waals surface area contributed by atoms with Crippen LogP contribution in [0.25, 0.3) is 12.2 Å². The van der Waals surface area contributed by atoms with E-state index in [9.17, 15) is 0 Å². The van der Waals surface area contributed by atoms with Crippen LogP contribution >= 0.6 is 12.2 Å². The summed E-state index contributed by atoms with van der Waals surface area (Å²) < 4.78 is 0.371. The van der Waals surface area contributed by atoms with Crippen molar-refractivity contribution in [2.75, 3.05) is 0 Å². The normalized spacial score (nSPS) is 10.4. The lowest BCUT2D eigenvalue weighted by molar-refractivity contribution is 0.957. The second kappa shape index (κ2) is 5.39. The fraction of sp³-hybridized carbons (Fsp3) is 0.0714. The van der Waals surface area contributed by atoms with Crippen LogP contribution in [0.15, 0.2) is 30.3 Å². The van der Waals surface area contributed by atoms with Gasteiger partial charge in [0.05, 0.1) is 11.3 Å². The van der Waals surface area contributed by atoms with Crippen molar-refractivity contribution in [3.8, 4) is 6.07 Å². The molecule has 0 bridgehead atoms. The third kappa shape index (κ3) is 2.53. The Hall–Kier alpha value is -2.25. The van der Waals surface area contributed by atoms with Gasteiger partial charge in [0.15, 0.2) is 0 Å². The van der Waals surface area contributed by atoms with Crippen molar-refractivity contribution in [3.05, 3.63) is 57.4 Å². The first-order valence-electron chi connectivity index (χ1n) is 5.45. The molecule has 1 N–H and O–H groups in total. The molecule has 0 aliphatic rings. The molecular weight excluding hydrogens is 242 g/mol. The maximum absolute atomic E-state index is 9.12. The van der Waals surface area contributed by atoms with Gasteiger partial charge in [-0.2, -0.15) is 10.4 Å². The minimum absolute atomic E-state index is 0.371. The Labute approximate surface area is 110 Å². The Morgan fingerprint density at radius 2 is 2.00 bits per heavy atom. The Bertz CT molecular complexity index is 678. The summed E-state index contributed by atoms with van der Waals surface area (Å²) in [4.78, 5) is 0. The largest absolute Gasteiger partial charge is 0.266 e. The zero-order chi connectivity index (χ0) is 13.0. The maximum atomic E-state index is 9.12. The summed E-state index contributed by atoms with van der Waals surface area (Å²) >= 11 is 5.05. The highest BCUT2D eigenvalue weighted by Crippen LogP contribution is 2.15. The van der Waals surface area contributed by atoms with Crippen molar-refractivity contribution in [2.24, 2.45) is 0 Å². The molecule has 3 nitrogen and oxygen atoms in total. The Morgan fingerprint density at radius 1 is 1.28 bits per heavy atom. The van der Waals surface area contributed by atoms with Gasteiger partial charge in [0.2, 0.25) is 0 Å². The molecule has 0 saturated carbocycles. The highest BCUT2D eigenvalue weighted by molar-refractivity contribution is 7.71. The Morgan fingerprint density at radius 3 is 2.67 bits per heavy atom. The van der Waals surface area contributed by atoms with Crippen molar-refractivity contribution in [3.63, 3.8) is 0 Å². The lowest BCUT2D eigenvalue weighted by atomic mass is 10.1. The van der Waals surface area contributed by atoms with Crippen LogP contribution in [-0.2, 0) is 0 Å². The van der Waals surface area contributed by atoms with Crippen LogP contribution in [0.1, 0.15) is 22.4 Å². The number of aryl methyl sites for hydroxylation is 1. The van der Waals surface area contributed by atoms with Gasteiger partial charge >= 0.3 is 0 Å². The zero-order valence-corrected chi connectivity index (χ0v) is 10.7. The summed E-state index contributed by atoms with van der Waals surface area (Å²) in [6, 6.07) is 12.0. The molecule has 4 heteroatoms. The van der Waals surface area contributed by atoms with E-state index in [1.54, 1.807) is 0 Å². The molecule has 0 spiro atoms. The number of aromatic amines is 1. The highest BCUT2D eigenvalue weighted by Gasteiger charge is 2.05. The monoisotopic (exact) mass is 253 g/mol. The molecule has 0 atom stereocenters. The molecule has 1 aromatic heterocycles. The van der Waals surface area contributed by atoms with Crippen molar-refractivity contribution in [2.45, 2.75) is 6.92 Å². The van der Waals surface area contributed by atoms with Crippen LogP contribution in [0.3, 0.4) is 0 Å². The lowest BCUT2D eigenvalue weighted by Crippen LogP contribution is -1.96. The summed E-state index contributed by atoms with van der Waals surface area (Å²) in [6.07, 6.45) is 3.82. The third-order valence-corrected chi connectivity index (χ3v) is 2.86. The van der Waals surface area contributed by atoms with Gasteiger partial charge in [-0.3, -0.25) is 5.10 Å². The van der Waals surface area contributed by atoms with E-state index in [2.05, 4.69) is 16.3 Å². The van der Waals surface area contributed by atoms with Crippen LogP contribution in [0.5, 0.6) is 0 Å². The van der Waals surface area contributed by atoms with Crippen LogP contribution < -0.4 is 0 Å². The molecule has 0 amide bonds. The molecule has 2 aromatic rings. The van der Waals surface area contributed by atoms with Gasteiger partial charge in [0.25, 0.3) is 0 Å². The van der Waals surface area contributed by atoms with E-state index in [4.69, 9.17) is 17.5 Å². The molecule has 0 unspecified atom stereocenters. The first-order valence-corrected chi connectivity index (χ1v) is 5.85. The summed E-state index contributed by atoms with van der Waals surface area (Å²) in [5, 5.41) is 15.9. The molecule has 0 fully saturated rings. The number of nitrogens with zero attached hydrogens (tertiary/aromatic N) is 2. The minimum Gasteiger partial charge on any atom is -0.266 e. The van der Waals surface area contributed by atoms with Crippen molar-refractivity contribution >= 4 is 24.4 Å². The van der Waals surface area contributed by atoms with E-state index in [-0.39, 0.29) is 0 Å². The number of nitriles is 1. The Balaban J connectivity index is 2.47. The highest BCUT2D eigenvalue weighted by atomic mass is 32.1.